The number of nitrogens with one attached hydrogen (secondary N) is 1. The topological polar surface area (TPSA) is 59.9 Å². The van der Waals surface area contributed by atoms with E-state index in [1.54, 1.807) is 61.7 Å². The van der Waals surface area contributed by atoms with Crippen LogP contribution < -0.4 is 14.9 Å². The average Bonchev–Trinajstić information content (AvgIpc) is 2.75. The SMILES string of the molecule is COc1cc(/C=N\NC(=O)Cc2ccc(Cl)cc2)ccc1OCc1ccc(Cl)cc1Cl. The van der Waals surface area contributed by atoms with E-state index in [0.29, 0.717) is 26.6 Å². The third-order valence-electron chi connectivity index (χ3n) is 4.27. The van der Waals surface area contributed by atoms with Gasteiger partial charge in [0, 0.05) is 20.6 Å². The summed E-state index contributed by atoms with van der Waals surface area (Å²) in [6.45, 7) is 0.264. The van der Waals surface area contributed by atoms with Gasteiger partial charge in [0.25, 0.3) is 0 Å². The molecule has 3 rings (SSSR count). The Bertz CT molecular complexity index is 1090. The maximum absolute atomic E-state index is 12.0. The first-order valence-corrected chi connectivity index (χ1v) is 10.4. The Kier molecular flexibility index (Phi) is 8.18. The molecule has 160 valence electrons. The highest BCUT2D eigenvalue weighted by atomic mass is 35.5. The summed E-state index contributed by atoms with van der Waals surface area (Å²) in [5, 5.41) is 5.72. The Morgan fingerprint density at radius 1 is 0.968 bits per heavy atom. The van der Waals surface area contributed by atoms with Crippen molar-refractivity contribution in [2.24, 2.45) is 5.10 Å². The van der Waals surface area contributed by atoms with Crippen LogP contribution in [-0.2, 0) is 17.8 Å². The van der Waals surface area contributed by atoms with Crippen molar-refractivity contribution >= 4 is 46.9 Å². The van der Waals surface area contributed by atoms with E-state index in [1.807, 2.05) is 6.07 Å². The number of hydrogen-bond acceptors (Lipinski definition) is 4. The largest absolute Gasteiger partial charge is 0.493 e. The Balaban J connectivity index is 1.58. The molecule has 0 spiro atoms. The van der Waals surface area contributed by atoms with Crippen molar-refractivity contribution < 1.29 is 14.3 Å². The summed E-state index contributed by atoms with van der Waals surface area (Å²) in [6, 6.07) is 17.6. The first-order chi connectivity index (χ1) is 14.9. The monoisotopic (exact) mass is 476 g/mol. The van der Waals surface area contributed by atoms with Gasteiger partial charge in [-0.3, -0.25) is 4.79 Å². The Hall–Kier alpha value is -2.73. The summed E-state index contributed by atoms with van der Waals surface area (Å²) >= 11 is 17.9. The van der Waals surface area contributed by atoms with Gasteiger partial charge in [0.2, 0.25) is 5.91 Å². The second-order valence-corrected chi connectivity index (χ2v) is 7.81. The van der Waals surface area contributed by atoms with E-state index in [4.69, 9.17) is 44.3 Å². The molecule has 0 aliphatic rings. The highest BCUT2D eigenvalue weighted by Gasteiger charge is 2.08. The maximum Gasteiger partial charge on any atom is 0.244 e. The van der Waals surface area contributed by atoms with E-state index in [2.05, 4.69) is 10.5 Å². The molecule has 3 aromatic rings. The number of benzene rings is 3. The van der Waals surface area contributed by atoms with Crippen molar-refractivity contribution in [3.05, 3.63) is 92.4 Å². The fourth-order valence-electron chi connectivity index (χ4n) is 2.68. The van der Waals surface area contributed by atoms with E-state index in [9.17, 15) is 4.79 Å². The number of amides is 1. The third-order valence-corrected chi connectivity index (χ3v) is 5.11. The minimum absolute atomic E-state index is 0.206. The number of hydrogen-bond donors (Lipinski definition) is 1. The maximum atomic E-state index is 12.0. The van der Waals surface area contributed by atoms with Crippen LogP contribution >= 0.6 is 34.8 Å². The molecule has 0 atom stereocenters. The molecule has 0 radical (unpaired) electrons. The summed E-state index contributed by atoms with van der Waals surface area (Å²) in [7, 11) is 1.55. The minimum Gasteiger partial charge on any atom is -0.493 e. The van der Waals surface area contributed by atoms with Crippen LogP contribution in [0.15, 0.2) is 65.8 Å². The molecule has 0 aromatic heterocycles. The number of carbonyl (C=O) groups is 1. The lowest BCUT2D eigenvalue weighted by Gasteiger charge is -2.12. The molecule has 0 heterocycles. The van der Waals surface area contributed by atoms with Gasteiger partial charge in [-0.25, -0.2) is 5.43 Å². The van der Waals surface area contributed by atoms with E-state index in [-0.39, 0.29) is 18.9 Å². The van der Waals surface area contributed by atoms with Gasteiger partial charge in [0.1, 0.15) is 6.61 Å². The first-order valence-electron chi connectivity index (χ1n) is 9.25. The first kappa shape index (κ1) is 22.9. The number of rotatable bonds is 8. The molecule has 0 bridgehead atoms. The van der Waals surface area contributed by atoms with Crippen molar-refractivity contribution in [3.63, 3.8) is 0 Å². The van der Waals surface area contributed by atoms with Gasteiger partial charge >= 0.3 is 0 Å². The van der Waals surface area contributed by atoms with Crippen LogP contribution in [0.5, 0.6) is 11.5 Å². The molecule has 0 aliphatic carbocycles. The standard InChI is InChI=1S/C23H19Cl3N2O3/c1-30-22-10-16(13-27-28-23(29)11-15-2-6-18(24)7-3-15)4-9-21(22)31-14-17-5-8-19(25)12-20(17)26/h2-10,12-13H,11,14H2,1H3,(H,28,29)/b27-13-. The lowest BCUT2D eigenvalue weighted by molar-refractivity contribution is -0.120. The fraction of sp³-hybridized carbons (Fsp3) is 0.130. The van der Waals surface area contributed by atoms with E-state index in [1.165, 1.54) is 6.21 Å². The van der Waals surface area contributed by atoms with Crippen LogP contribution in [0.25, 0.3) is 0 Å². The van der Waals surface area contributed by atoms with Crippen molar-refractivity contribution in [2.75, 3.05) is 7.11 Å². The normalized spacial score (nSPS) is 10.8. The van der Waals surface area contributed by atoms with Crippen LogP contribution in [0, 0.1) is 0 Å². The number of nitrogens with zero attached hydrogens (tertiary/aromatic N) is 1. The lowest BCUT2D eigenvalue weighted by Crippen LogP contribution is -2.19. The van der Waals surface area contributed by atoms with Crippen molar-refractivity contribution in [2.45, 2.75) is 13.0 Å². The summed E-state index contributed by atoms with van der Waals surface area (Å²) in [4.78, 5) is 12.0. The highest BCUT2D eigenvalue weighted by molar-refractivity contribution is 6.35. The quantitative estimate of drug-likeness (QED) is 0.323. The molecule has 0 saturated heterocycles. The molecular formula is C23H19Cl3N2O3. The molecule has 1 N–H and O–H groups in total. The Labute approximate surface area is 195 Å². The zero-order valence-electron chi connectivity index (χ0n) is 16.6. The number of halogens is 3. The molecular weight excluding hydrogens is 459 g/mol. The third kappa shape index (κ3) is 6.89. The van der Waals surface area contributed by atoms with E-state index < -0.39 is 0 Å². The van der Waals surface area contributed by atoms with Crippen LogP contribution in [-0.4, -0.2) is 19.2 Å². The zero-order valence-corrected chi connectivity index (χ0v) is 18.8. The van der Waals surface area contributed by atoms with Gasteiger partial charge in [0.05, 0.1) is 19.7 Å². The van der Waals surface area contributed by atoms with Crippen LogP contribution in [0.1, 0.15) is 16.7 Å². The van der Waals surface area contributed by atoms with Crippen molar-refractivity contribution in [3.8, 4) is 11.5 Å². The van der Waals surface area contributed by atoms with Crippen LogP contribution in [0.4, 0.5) is 0 Å². The summed E-state index contributed by atoms with van der Waals surface area (Å²) in [5.41, 5.74) is 4.90. The smallest absolute Gasteiger partial charge is 0.244 e. The lowest BCUT2D eigenvalue weighted by atomic mass is 10.1. The molecule has 0 fully saturated rings. The summed E-state index contributed by atoms with van der Waals surface area (Å²) < 4.78 is 11.2. The van der Waals surface area contributed by atoms with Crippen molar-refractivity contribution in [1.29, 1.82) is 0 Å². The van der Waals surface area contributed by atoms with Crippen molar-refractivity contribution in [1.82, 2.24) is 5.43 Å². The predicted octanol–water partition coefficient (Wildman–Crippen LogP) is 5.93. The number of hydrazone groups is 1. The summed E-state index contributed by atoms with van der Waals surface area (Å²) in [5.74, 6) is 0.851. The van der Waals surface area contributed by atoms with E-state index in [0.717, 1.165) is 16.7 Å². The molecule has 0 saturated carbocycles. The van der Waals surface area contributed by atoms with E-state index >= 15 is 0 Å². The number of methoxy groups -OCH3 is 1. The molecule has 1 amide bonds. The zero-order chi connectivity index (χ0) is 22.2. The Morgan fingerprint density at radius 3 is 2.42 bits per heavy atom. The molecule has 5 nitrogen and oxygen atoms in total. The van der Waals surface area contributed by atoms with Gasteiger partial charge in [-0.15, -0.1) is 0 Å². The molecule has 0 aliphatic heterocycles. The Morgan fingerprint density at radius 2 is 1.71 bits per heavy atom. The van der Waals surface area contributed by atoms with Gasteiger partial charge < -0.3 is 9.47 Å². The second-order valence-electron chi connectivity index (χ2n) is 6.53. The van der Waals surface area contributed by atoms with Gasteiger partial charge in [-0.2, -0.15) is 5.10 Å². The molecule has 31 heavy (non-hydrogen) atoms. The molecule has 8 heteroatoms. The molecule has 0 unspecified atom stereocenters. The predicted molar refractivity (Wildman–Crippen MR) is 125 cm³/mol. The average molecular weight is 478 g/mol. The van der Waals surface area contributed by atoms with Crippen LogP contribution in [0.3, 0.4) is 0 Å². The second kappa shape index (κ2) is 11.0. The number of ether oxygens (including phenoxy) is 2. The summed E-state index contributed by atoms with van der Waals surface area (Å²) in [6.07, 6.45) is 1.74. The van der Waals surface area contributed by atoms with Crippen LogP contribution in [0.2, 0.25) is 15.1 Å². The highest BCUT2D eigenvalue weighted by Crippen LogP contribution is 2.29. The van der Waals surface area contributed by atoms with Gasteiger partial charge in [0.15, 0.2) is 11.5 Å². The number of carbonyl (C=O) groups excluding carboxylic acids is 1. The van der Waals surface area contributed by atoms with Gasteiger partial charge in [-0.1, -0.05) is 53.0 Å². The molecule has 3 aromatic carbocycles. The fourth-order valence-corrected chi connectivity index (χ4v) is 3.27. The van der Waals surface area contributed by atoms with Gasteiger partial charge in [-0.05, 0) is 53.6 Å². The minimum atomic E-state index is -0.231.